The van der Waals surface area contributed by atoms with Gasteiger partial charge in [-0.25, -0.2) is 0 Å². The summed E-state index contributed by atoms with van der Waals surface area (Å²) in [6, 6.07) is 0. The minimum atomic E-state index is -2.21. The third-order valence-corrected chi connectivity index (χ3v) is 7.36. The zero-order valence-electron chi connectivity index (χ0n) is 22.3. The molecule has 19 nitrogen and oxygen atoms in total. The Balaban J connectivity index is 1.67. The van der Waals surface area contributed by atoms with E-state index in [4.69, 9.17) is 28.4 Å². The van der Waals surface area contributed by atoms with Gasteiger partial charge in [-0.05, 0) is 6.92 Å². The molecule has 0 radical (unpaired) electrons. The lowest BCUT2D eigenvalue weighted by Gasteiger charge is -2.43. The second kappa shape index (κ2) is 15.3. The summed E-state index contributed by atoms with van der Waals surface area (Å²) >= 11 is 0. The van der Waals surface area contributed by atoms with Gasteiger partial charge in [-0.3, -0.25) is 0 Å². The van der Waals surface area contributed by atoms with Crippen molar-refractivity contribution in [2.75, 3.05) is 19.8 Å². The summed E-state index contributed by atoms with van der Waals surface area (Å²) in [6.07, 6.45) is -30.9. The van der Waals surface area contributed by atoms with Crippen LogP contribution in [0.5, 0.6) is 0 Å². The predicted molar refractivity (Wildman–Crippen MR) is 128 cm³/mol. The minimum absolute atomic E-state index is 0.00681. The first-order chi connectivity index (χ1) is 19.8. The molecule has 3 aliphatic heterocycles. The Morgan fingerprint density at radius 2 is 1.24 bits per heavy atom. The van der Waals surface area contributed by atoms with Gasteiger partial charge in [-0.1, -0.05) is 0 Å². The first-order valence-electron chi connectivity index (χ1n) is 13.1. The Bertz CT molecular complexity index is 838. The van der Waals surface area contributed by atoms with Crippen molar-refractivity contribution in [3.63, 3.8) is 0 Å². The van der Waals surface area contributed by atoms with Gasteiger partial charge in [0.1, 0.15) is 85.5 Å². The Hall–Kier alpha value is -1.05. The number of aldehydes is 1. The highest BCUT2D eigenvalue weighted by Crippen LogP contribution is 2.31. The maximum atomic E-state index is 11.8. The van der Waals surface area contributed by atoms with Crippen molar-refractivity contribution >= 4 is 6.29 Å². The summed E-state index contributed by atoms with van der Waals surface area (Å²) in [7, 11) is 0. The third kappa shape index (κ3) is 7.59. The quantitative estimate of drug-likeness (QED) is 0.0850. The molecule has 0 bridgehead atoms. The second-order valence-corrected chi connectivity index (χ2v) is 10.3. The summed E-state index contributed by atoms with van der Waals surface area (Å²) < 4.78 is 31.7. The van der Waals surface area contributed by atoms with Crippen LogP contribution >= 0.6 is 0 Å². The van der Waals surface area contributed by atoms with E-state index >= 15 is 0 Å². The van der Waals surface area contributed by atoms with Gasteiger partial charge in [0.05, 0.1) is 25.9 Å². The lowest BCUT2D eigenvalue weighted by Crippen LogP contribution is -2.62. The van der Waals surface area contributed by atoms with E-state index < -0.39 is 130 Å². The third-order valence-electron chi connectivity index (χ3n) is 7.36. The molecule has 3 fully saturated rings. The van der Waals surface area contributed by atoms with Crippen LogP contribution in [0.25, 0.3) is 0 Å². The molecule has 0 aliphatic carbocycles. The minimum Gasteiger partial charge on any atom is -0.394 e. The van der Waals surface area contributed by atoms with Gasteiger partial charge >= 0.3 is 0 Å². The van der Waals surface area contributed by atoms with Crippen LogP contribution in [0, 0.1) is 0 Å². The molecule has 0 aromatic rings. The zero-order chi connectivity index (χ0) is 31.5. The van der Waals surface area contributed by atoms with E-state index in [1.54, 1.807) is 0 Å². The van der Waals surface area contributed by atoms with Crippen molar-refractivity contribution in [2.45, 2.75) is 117 Å². The molecule has 0 aromatic carbocycles. The van der Waals surface area contributed by atoms with Crippen LogP contribution in [-0.4, -0.2) is 198 Å². The summed E-state index contributed by atoms with van der Waals surface area (Å²) in [5, 5.41) is 121. The number of hydrogen-bond donors (Lipinski definition) is 12. The van der Waals surface area contributed by atoms with Crippen LogP contribution in [0.3, 0.4) is 0 Å². The molecular formula is C23H40O19. The highest BCUT2D eigenvalue weighted by atomic mass is 16.8. The van der Waals surface area contributed by atoms with Crippen LogP contribution in [0.15, 0.2) is 0 Å². The zero-order valence-corrected chi connectivity index (χ0v) is 22.3. The Kier molecular flexibility index (Phi) is 12.9. The van der Waals surface area contributed by atoms with Crippen LogP contribution in [0.2, 0.25) is 0 Å². The maximum absolute atomic E-state index is 11.8. The molecule has 3 aliphatic rings. The lowest BCUT2D eigenvalue weighted by atomic mass is 9.98. The fraction of sp³-hybridized carbons (Fsp3) is 0.957. The monoisotopic (exact) mass is 620 g/mol. The number of carbonyl (C=O) groups excluding carboxylic acids is 1. The van der Waals surface area contributed by atoms with Gasteiger partial charge in [0.2, 0.25) is 0 Å². The van der Waals surface area contributed by atoms with Crippen molar-refractivity contribution in [3.8, 4) is 0 Å². The average molecular weight is 621 g/mol. The Morgan fingerprint density at radius 3 is 1.81 bits per heavy atom. The van der Waals surface area contributed by atoms with Gasteiger partial charge < -0.3 is 94.5 Å². The summed E-state index contributed by atoms with van der Waals surface area (Å²) in [5.41, 5.74) is 0. The lowest BCUT2D eigenvalue weighted by molar-refractivity contribution is -0.346. The van der Waals surface area contributed by atoms with Crippen molar-refractivity contribution in [2.24, 2.45) is 0 Å². The first-order valence-corrected chi connectivity index (χ1v) is 13.1. The van der Waals surface area contributed by atoms with Gasteiger partial charge in [-0.2, -0.15) is 0 Å². The van der Waals surface area contributed by atoms with E-state index in [0.29, 0.717) is 0 Å². The number of aliphatic hydroxyl groups excluding tert-OH is 12. The molecule has 42 heavy (non-hydrogen) atoms. The smallest absolute Gasteiger partial charge is 0.188 e. The molecule has 3 saturated heterocycles. The van der Waals surface area contributed by atoms with Gasteiger partial charge in [0, 0.05) is 0 Å². The summed E-state index contributed by atoms with van der Waals surface area (Å²) in [4.78, 5) is 11.8. The second-order valence-electron chi connectivity index (χ2n) is 10.3. The van der Waals surface area contributed by atoms with Crippen LogP contribution in [-0.2, 0) is 33.2 Å². The number of ether oxygens (including phenoxy) is 6. The highest BCUT2D eigenvalue weighted by Gasteiger charge is 2.52. The summed E-state index contributed by atoms with van der Waals surface area (Å²) in [5.74, 6) is 0. The fourth-order valence-corrected chi connectivity index (χ4v) is 4.66. The number of carbonyl (C=O) groups is 1. The number of hydrogen-bond acceptors (Lipinski definition) is 19. The van der Waals surface area contributed by atoms with Gasteiger partial charge in [0.25, 0.3) is 0 Å². The standard InChI is InChI=1S/C23H40O19/c1-6-11(28)16(33)19(36)21(38-6)37-5-7(27)12(29)13(30)8(2-24)40-23-20(17(34)14(31)9(3-25)41-23)42-22-18(35)15(32)10(4-26)39-22/h2,6-23,25-36H,3-5H2,1H3. The molecule has 0 aromatic heterocycles. The molecular weight excluding hydrogens is 580 g/mol. The van der Waals surface area contributed by atoms with Crippen LogP contribution in [0.1, 0.15) is 6.92 Å². The summed E-state index contributed by atoms with van der Waals surface area (Å²) in [6.45, 7) is -1.00. The highest BCUT2D eigenvalue weighted by molar-refractivity contribution is 5.57. The number of rotatable bonds is 13. The molecule has 3 rings (SSSR count). The van der Waals surface area contributed by atoms with E-state index in [1.165, 1.54) is 6.92 Å². The molecule has 19 heteroatoms. The Morgan fingerprint density at radius 1 is 0.690 bits per heavy atom. The van der Waals surface area contributed by atoms with E-state index in [-0.39, 0.29) is 6.29 Å². The molecule has 3 heterocycles. The largest absolute Gasteiger partial charge is 0.394 e. The SMILES string of the molecule is CC1OC(OCC(O)C(O)C(O)C(C=O)OC2OC(CO)C(O)C(O)C2OC2OC(CO)C(O)C2O)C(O)C(O)C1O. The molecule has 12 N–H and O–H groups in total. The predicted octanol–water partition coefficient (Wildman–Crippen LogP) is -8.24. The van der Waals surface area contributed by atoms with E-state index in [9.17, 15) is 66.1 Å². The average Bonchev–Trinajstić information content (AvgIpc) is 3.25. The van der Waals surface area contributed by atoms with Crippen molar-refractivity contribution in [1.29, 1.82) is 0 Å². The first kappa shape index (κ1) is 35.4. The van der Waals surface area contributed by atoms with Crippen molar-refractivity contribution < 1.29 is 94.5 Å². The van der Waals surface area contributed by atoms with Gasteiger partial charge in [-0.15, -0.1) is 0 Å². The molecule has 18 atom stereocenters. The molecule has 0 saturated carbocycles. The molecule has 0 amide bonds. The maximum Gasteiger partial charge on any atom is 0.188 e. The van der Waals surface area contributed by atoms with Crippen LogP contribution in [0.4, 0.5) is 0 Å². The topological polar surface area (TPSA) is 315 Å². The van der Waals surface area contributed by atoms with E-state index in [0.717, 1.165) is 0 Å². The normalized spacial score (nSPS) is 45.7. The van der Waals surface area contributed by atoms with E-state index in [1.807, 2.05) is 0 Å². The van der Waals surface area contributed by atoms with Crippen molar-refractivity contribution in [3.05, 3.63) is 0 Å². The van der Waals surface area contributed by atoms with Crippen LogP contribution < -0.4 is 0 Å². The molecule has 246 valence electrons. The van der Waals surface area contributed by atoms with Crippen molar-refractivity contribution in [1.82, 2.24) is 0 Å². The van der Waals surface area contributed by atoms with Gasteiger partial charge in [0.15, 0.2) is 25.2 Å². The Labute approximate surface area is 238 Å². The number of aliphatic hydroxyl groups is 12. The molecule has 0 spiro atoms. The van der Waals surface area contributed by atoms with E-state index in [2.05, 4.69) is 0 Å². The fourth-order valence-electron chi connectivity index (χ4n) is 4.66. The molecule has 18 unspecified atom stereocenters.